The molecule has 0 saturated carbocycles. The van der Waals surface area contributed by atoms with Crippen molar-refractivity contribution >= 4 is 27.8 Å². The van der Waals surface area contributed by atoms with Gasteiger partial charge in [-0.25, -0.2) is 0 Å². The SMILES string of the molecule is Cc1cc(Br)ccc1C(=O)N1CCO[C@H](CC(=O)O)C1. The number of morpholine rings is 1. The lowest BCUT2D eigenvalue weighted by Crippen LogP contribution is -2.46. The second-order valence-corrected chi connectivity index (χ2v) is 5.72. The number of halogens is 1. The zero-order valence-corrected chi connectivity index (χ0v) is 12.7. The van der Waals surface area contributed by atoms with Crippen molar-refractivity contribution in [1.82, 2.24) is 4.90 Å². The summed E-state index contributed by atoms with van der Waals surface area (Å²) in [6.45, 7) is 3.07. The van der Waals surface area contributed by atoms with Crippen molar-refractivity contribution in [2.75, 3.05) is 19.7 Å². The van der Waals surface area contributed by atoms with E-state index in [-0.39, 0.29) is 12.3 Å². The Kier molecular flexibility index (Phi) is 4.77. The molecule has 1 saturated heterocycles. The second-order valence-electron chi connectivity index (χ2n) is 4.80. The predicted molar refractivity (Wildman–Crippen MR) is 76.8 cm³/mol. The molecule has 1 aliphatic heterocycles. The Hall–Kier alpha value is -1.40. The molecule has 0 aliphatic carbocycles. The third-order valence-corrected chi connectivity index (χ3v) is 3.74. The number of carbonyl (C=O) groups is 2. The number of ether oxygens (including phenoxy) is 1. The van der Waals surface area contributed by atoms with Crippen LogP contribution in [0.3, 0.4) is 0 Å². The van der Waals surface area contributed by atoms with Gasteiger partial charge in [0.2, 0.25) is 0 Å². The van der Waals surface area contributed by atoms with E-state index in [0.29, 0.717) is 25.3 Å². The Balaban J connectivity index is 2.10. The molecule has 5 nitrogen and oxygen atoms in total. The smallest absolute Gasteiger partial charge is 0.306 e. The molecule has 1 amide bonds. The van der Waals surface area contributed by atoms with Crippen molar-refractivity contribution in [3.05, 3.63) is 33.8 Å². The number of hydrogen-bond donors (Lipinski definition) is 1. The monoisotopic (exact) mass is 341 g/mol. The van der Waals surface area contributed by atoms with E-state index in [1.165, 1.54) is 0 Å². The van der Waals surface area contributed by atoms with Crippen LogP contribution in [0.5, 0.6) is 0 Å². The van der Waals surface area contributed by atoms with Gasteiger partial charge < -0.3 is 14.7 Å². The summed E-state index contributed by atoms with van der Waals surface area (Å²) in [5.41, 5.74) is 1.54. The number of benzene rings is 1. The molecule has 2 rings (SSSR count). The number of aliphatic carboxylic acids is 1. The molecule has 1 aromatic carbocycles. The molecule has 20 heavy (non-hydrogen) atoms. The van der Waals surface area contributed by atoms with Crippen molar-refractivity contribution in [3.8, 4) is 0 Å². The van der Waals surface area contributed by atoms with E-state index in [0.717, 1.165) is 10.0 Å². The first-order valence-corrected chi connectivity index (χ1v) is 7.15. The Labute approximate surface area is 125 Å². The number of aryl methyl sites for hydroxylation is 1. The minimum atomic E-state index is -0.913. The molecule has 1 atom stereocenters. The van der Waals surface area contributed by atoms with Gasteiger partial charge in [-0.3, -0.25) is 9.59 Å². The van der Waals surface area contributed by atoms with Crippen LogP contribution in [-0.4, -0.2) is 47.7 Å². The number of carboxylic acids is 1. The second kappa shape index (κ2) is 6.37. The van der Waals surface area contributed by atoms with Crippen LogP contribution in [-0.2, 0) is 9.53 Å². The Morgan fingerprint density at radius 2 is 2.25 bits per heavy atom. The van der Waals surface area contributed by atoms with E-state index in [1.54, 1.807) is 11.0 Å². The summed E-state index contributed by atoms with van der Waals surface area (Å²) in [6.07, 6.45) is -0.510. The van der Waals surface area contributed by atoms with Gasteiger partial charge in [-0.15, -0.1) is 0 Å². The van der Waals surface area contributed by atoms with Gasteiger partial charge in [0.1, 0.15) is 0 Å². The van der Waals surface area contributed by atoms with E-state index in [9.17, 15) is 9.59 Å². The highest BCUT2D eigenvalue weighted by Gasteiger charge is 2.27. The summed E-state index contributed by atoms with van der Waals surface area (Å²) in [5, 5.41) is 8.79. The predicted octanol–water partition coefficient (Wildman–Crippen LogP) is 2.07. The van der Waals surface area contributed by atoms with E-state index >= 15 is 0 Å². The lowest BCUT2D eigenvalue weighted by Gasteiger charge is -2.32. The van der Waals surface area contributed by atoms with Crippen LogP contribution < -0.4 is 0 Å². The lowest BCUT2D eigenvalue weighted by atomic mass is 10.1. The number of rotatable bonds is 3. The molecule has 0 radical (unpaired) electrons. The third kappa shape index (κ3) is 3.58. The standard InChI is InChI=1S/C14H16BrNO4/c1-9-6-10(15)2-3-12(9)14(19)16-4-5-20-11(8-16)7-13(17)18/h2-3,6,11H,4-5,7-8H2,1H3,(H,17,18)/t11-/m1/s1. The van der Waals surface area contributed by atoms with Crippen molar-refractivity contribution in [3.63, 3.8) is 0 Å². The van der Waals surface area contributed by atoms with E-state index in [4.69, 9.17) is 9.84 Å². The number of carbonyl (C=O) groups excluding carboxylic acids is 1. The fourth-order valence-electron chi connectivity index (χ4n) is 2.26. The molecule has 0 bridgehead atoms. The van der Waals surface area contributed by atoms with Crippen LogP contribution in [0, 0.1) is 6.92 Å². The highest BCUT2D eigenvalue weighted by Crippen LogP contribution is 2.19. The van der Waals surface area contributed by atoms with Gasteiger partial charge >= 0.3 is 5.97 Å². The molecule has 1 fully saturated rings. The molecule has 1 aromatic rings. The van der Waals surface area contributed by atoms with Crippen molar-refractivity contribution in [2.24, 2.45) is 0 Å². The summed E-state index contributed by atoms with van der Waals surface area (Å²) in [6, 6.07) is 5.50. The summed E-state index contributed by atoms with van der Waals surface area (Å²) < 4.78 is 6.30. The quantitative estimate of drug-likeness (QED) is 0.913. The first kappa shape index (κ1) is 15.0. The summed E-state index contributed by atoms with van der Waals surface area (Å²) >= 11 is 3.37. The highest BCUT2D eigenvalue weighted by molar-refractivity contribution is 9.10. The lowest BCUT2D eigenvalue weighted by molar-refractivity contribution is -0.141. The van der Waals surface area contributed by atoms with Crippen molar-refractivity contribution < 1.29 is 19.4 Å². The zero-order valence-electron chi connectivity index (χ0n) is 11.1. The molecular formula is C14H16BrNO4. The first-order chi connectivity index (χ1) is 9.47. The average molecular weight is 342 g/mol. The molecule has 6 heteroatoms. The molecule has 0 unspecified atom stereocenters. The number of nitrogens with zero attached hydrogens (tertiary/aromatic N) is 1. The Morgan fingerprint density at radius 1 is 1.50 bits per heavy atom. The third-order valence-electron chi connectivity index (χ3n) is 3.25. The highest BCUT2D eigenvalue weighted by atomic mass is 79.9. The maximum atomic E-state index is 12.5. The molecular weight excluding hydrogens is 326 g/mol. The van der Waals surface area contributed by atoms with E-state index < -0.39 is 12.1 Å². The largest absolute Gasteiger partial charge is 0.481 e. The van der Waals surface area contributed by atoms with Crippen LogP contribution >= 0.6 is 15.9 Å². The molecule has 0 spiro atoms. The molecule has 1 N–H and O–H groups in total. The minimum absolute atomic E-state index is 0.0753. The normalized spacial score (nSPS) is 18.9. The molecule has 0 aromatic heterocycles. The Bertz CT molecular complexity index is 532. The maximum absolute atomic E-state index is 12.5. The minimum Gasteiger partial charge on any atom is -0.481 e. The Morgan fingerprint density at radius 3 is 2.90 bits per heavy atom. The average Bonchev–Trinajstić information content (AvgIpc) is 2.37. The van der Waals surface area contributed by atoms with Gasteiger partial charge in [-0.2, -0.15) is 0 Å². The molecule has 1 heterocycles. The van der Waals surface area contributed by atoms with Gasteiger partial charge in [0.15, 0.2) is 0 Å². The topological polar surface area (TPSA) is 66.8 Å². The van der Waals surface area contributed by atoms with Crippen LogP contribution in [0.4, 0.5) is 0 Å². The van der Waals surface area contributed by atoms with Gasteiger partial charge in [-0.05, 0) is 30.7 Å². The fourth-order valence-corrected chi connectivity index (χ4v) is 2.73. The molecule has 108 valence electrons. The summed E-state index contributed by atoms with van der Waals surface area (Å²) in [4.78, 5) is 24.8. The van der Waals surface area contributed by atoms with Crippen LogP contribution in [0.15, 0.2) is 22.7 Å². The van der Waals surface area contributed by atoms with Gasteiger partial charge in [-0.1, -0.05) is 15.9 Å². The summed E-state index contributed by atoms with van der Waals surface area (Å²) in [7, 11) is 0. The van der Waals surface area contributed by atoms with Gasteiger partial charge in [0.05, 0.1) is 19.1 Å². The first-order valence-electron chi connectivity index (χ1n) is 6.36. The van der Waals surface area contributed by atoms with Crippen molar-refractivity contribution in [2.45, 2.75) is 19.4 Å². The fraction of sp³-hybridized carbons (Fsp3) is 0.429. The zero-order chi connectivity index (χ0) is 14.7. The molecule has 1 aliphatic rings. The van der Waals surface area contributed by atoms with Gasteiger partial charge in [0.25, 0.3) is 5.91 Å². The van der Waals surface area contributed by atoms with Crippen LogP contribution in [0.2, 0.25) is 0 Å². The van der Waals surface area contributed by atoms with Crippen LogP contribution in [0.25, 0.3) is 0 Å². The number of hydrogen-bond acceptors (Lipinski definition) is 3. The summed E-state index contributed by atoms with van der Waals surface area (Å²) in [5.74, 6) is -0.988. The number of carboxylic acid groups (broad SMARTS) is 1. The van der Waals surface area contributed by atoms with Crippen molar-refractivity contribution in [1.29, 1.82) is 0 Å². The van der Waals surface area contributed by atoms with Crippen LogP contribution in [0.1, 0.15) is 22.3 Å². The van der Waals surface area contributed by atoms with E-state index in [1.807, 2.05) is 19.1 Å². The van der Waals surface area contributed by atoms with E-state index in [2.05, 4.69) is 15.9 Å². The van der Waals surface area contributed by atoms with Gasteiger partial charge in [0, 0.05) is 23.1 Å². The number of amides is 1. The maximum Gasteiger partial charge on any atom is 0.306 e.